The van der Waals surface area contributed by atoms with Crippen molar-refractivity contribution < 1.29 is 4.79 Å². The maximum absolute atomic E-state index is 12.6. The molecule has 1 N–H and O–H groups in total. The molecule has 2 amide bonds. The smallest absolute Gasteiger partial charge is 0.317 e. The van der Waals surface area contributed by atoms with Crippen molar-refractivity contribution in [3.8, 4) is 5.69 Å². The van der Waals surface area contributed by atoms with Crippen molar-refractivity contribution in [1.82, 2.24) is 30.1 Å². The molecular formula is C20H30N6O. The molecule has 1 unspecified atom stereocenters. The summed E-state index contributed by atoms with van der Waals surface area (Å²) < 4.78 is 1.71. The number of amides is 2. The molecule has 27 heavy (non-hydrogen) atoms. The molecule has 3 rings (SSSR count). The maximum Gasteiger partial charge on any atom is 0.317 e. The lowest BCUT2D eigenvalue weighted by Crippen LogP contribution is -2.57. The van der Waals surface area contributed by atoms with Crippen LogP contribution in [0.3, 0.4) is 0 Å². The second-order valence-corrected chi connectivity index (χ2v) is 7.75. The van der Waals surface area contributed by atoms with Gasteiger partial charge in [0.25, 0.3) is 0 Å². The van der Waals surface area contributed by atoms with E-state index in [0.29, 0.717) is 0 Å². The number of urea groups is 1. The number of hydrogen-bond acceptors (Lipinski definition) is 4. The maximum atomic E-state index is 12.6. The van der Waals surface area contributed by atoms with Gasteiger partial charge in [-0.2, -0.15) is 0 Å². The Morgan fingerprint density at radius 2 is 1.85 bits per heavy atom. The molecule has 1 aromatic carbocycles. The second-order valence-electron chi connectivity index (χ2n) is 7.75. The third-order valence-electron chi connectivity index (χ3n) is 5.71. The molecule has 1 saturated heterocycles. The summed E-state index contributed by atoms with van der Waals surface area (Å²) in [6.45, 7) is 12.2. The number of aromatic nitrogens is 3. The lowest BCUT2D eigenvalue weighted by molar-refractivity contribution is 0.0610. The summed E-state index contributed by atoms with van der Waals surface area (Å²) in [5.41, 5.74) is 2.21. The van der Waals surface area contributed by atoms with Gasteiger partial charge in [0.15, 0.2) is 0 Å². The number of piperazine rings is 1. The van der Waals surface area contributed by atoms with Crippen LogP contribution in [0.2, 0.25) is 0 Å². The van der Waals surface area contributed by atoms with Crippen LogP contribution in [0.1, 0.15) is 45.7 Å². The van der Waals surface area contributed by atoms with Gasteiger partial charge in [-0.3, -0.25) is 4.90 Å². The van der Waals surface area contributed by atoms with Gasteiger partial charge in [-0.1, -0.05) is 24.3 Å². The average Bonchev–Trinajstić information content (AvgIpc) is 3.23. The zero-order valence-electron chi connectivity index (χ0n) is 16.7. The van der Waals surface area contributed by atoms with Gasteiger partial charge in [0, 0.05) is 31.7 Å². The lowest BCUT2D eigenvalue weighted by Gasteiger charge is -2.43. The van der Waals surface area contributed by atoms with Crippen LogP contribution in [0.5, 0.6) is 0 Å². The van der Waals surface area contributed by atoms with Crippen molar-refractivity contribution in [3.05, 3.63) is 42.2 Å². The molecule has 1 aliphatic heterocycles. The highest BCUT2D eigenvalue weighted by atomic mass is 16.2. The van der Waals surface area contributed by atoms with E-state index < -0.39 is 0 Å². The molecule has 1 atom stereocenters. The van der Waals surface area contributed by atoms with E-state index in [0.717, 1.165) is 43.9 Å². The highest BCUT2D eigenvalue weighted by molar-refractivity contribution is 5.74. The standard InChI is InChI=1S/C20H30N6O/c1-5-20(3,4)25-14-12-24(13-15-25)19(27)22-16(2)17-6-8-18(9-7-17)26-11-10-21-23-26/h6-11,16H,5,12-15H2,1-4H3,(H,22,27). The minimum atomic E-state index is -0.0487. The van der Waals surface area contributed by atoms with Crippen LogP contribution in [0.25, 0.3) is 5.69 Å². The minimum Gasteiger partial charge on any atom is -0.331 e. The van der Waals surface area contributed by atoms with E-state index in [4.69, 9.17) is 0 Å². The fourth-order valence-corrected chi connectivity index (χ4v) is 3.36. The lowest BCUT2D eigenvalue weighted by atomic mass is 9.98. The van der Waals surface area contributed by atoms with Gasteiger partial charge in [0.2, 0.25) is 0 Å². The fraction of sp³-hybridized carbons (Fsp3) is 0.550. The van der Waals surface area contributed by atoms with Crippen LogP contribution in [-0.2, 0) is 0 Å². The summed E-state index contributed by atoms with van der Waals surface area (Å²) in [6.07, 6.45) is 4.57. The Hall–Kier alpha value is -2.41. The van der Waals surface area contributed by atoms with Crippen LogP contribution in [0, 0.1) is 0 Å². The van der Waals surface area contributed by atoms with E-state index in [1.165, 1.54) is 0 Å². The van der Waals surface area contributed by atoms with Gasteiger partial charge in [-0.25, -0.2) is 9.48 Å². The minimum absolute atomic E-state index is 0.0109. The molecule has 2 heterocycles. The molecular weight excluding hydrogens is 340 g/mol. The van der Waals surface area contributed by atoms with Crippen molar-refractivity contribution in [2.45, 2.75) is 45.7 Å². The first-order chi connectivity index (χ1) is 12.9. The first-order valence-corrected chi connectivity index (χ1v) is 9.68. The predicted octanol–water partition coefficient (Wildman–Crippen LogP) is 2.84. The van der Waals surface area contributed by atoms with Gasteiger partial charge in [0.05, 0.1) is 24.1 Å². The van der Waals surface area contributed by atoms with Crippen LogP contribution in [0.15, 0.2) is 36.7 Å². The highest BCUT2D eigenvalue weighted by Crippen LogP contribution is 2.21. The summed E-state index contributed by atoms with van der Waals surface area (Å²) >= 11 is 0. The zero-order chi connectivity index (χ0) is 19.4. The average molecular weight is 371 g/mol. The Kier molecular flexibility index (Phi) is 5.79. The molecule has 1 fully saturated rings. The molecule has 0 bridgehead atoms. The Morgan fingerprint density at radius 3 is 2.41 bits per heavy atom. The molecule has 2 aromatic rings. The fourth-order valence-electron chi connectivity index (χ4n) is 3.36. The summed E-state index contributed by atoms with van der Waals surface area (Å²) in [7, 11) is 0. The van der Waals surface area contributed by atoms with Crippen LogP contribution < -0.4 is 5.32 Å². The normalized spacial score (nSPS) is 17.0. The monoisotopic (exact) mass is 370 g/mol. The van der Waals surface area contributed by atoms with E-state index in [1.807, 2.05) is 36.1 Å². The molecule has 146 valence electrons. The first-order valence-electron chi connectivity index (χ1n) is 9.68. The number of nitrogens with zero attached hydrogens (tertiary/aromatic N) is 5. The number of carbonyl (C=O) groups excluding carboxylic acids is 1. The Balaban J connectivity index is 1.54. The Labute approximate surface area is 161 Å². The Morgan fingerprint density at radius 1 is 1.19 bits per heavy atom. The number of carbonyl (C=O) groups is 1. The van der Waals surface area contributed by atoms with Gasteiger partial charge in [-0.15, -0.1) is 5.10 Å². The quantitative estimate of drug-likeness (QED) is 0.879. The van der Waals surface area contributed by atoms with Gasteiger partial charge >= 0.3 is 6.03 Å². The molecule has 0 radical (unpaired) electrons. The topological polar surface area (TPSA) is 66.3 Å². The first kappa shape index (κ1) is 19.4. The van der Waals surface area contributed by atoms with Crippen LogP contribution in [-0.4, -0.2) is 62.5 Å². The van der Waals surface area contributed by atoms with Crippen molar-refractivity contribution in [2.75, 3.05) is 26.2 Å². The predicted molar refractivity (Wildman–Crippen MR) is 106 cm³/mol. The third-order valence-corrected chi connectivity index (χ3v) is 5.71. The van der Waals surface area contributed by atoms with E-state index in [-0.39, 0.29) is 17.6 Å². The van der Waals surface area contributed by atoms with E-state index in [2.05, 4.69) is 41.3 Å². The summed E-state index contributed by atoms with van der Waals surface area (Å²) in [4.78, 5) is 17.0. The van der Waals surface area contributed by atoms with Gasteiger partial charge < -0.3 is 10.2 Å². The molecule has 0 spiro atoms. The molecule has 0 saturated carbocycles. The largest absolute Gasteiger partial charge is 0.331 e. The number of benzene rings is 1. The molecule has 1 aliphatic rings. The van der Waals surface area contributed by atoms with Crippen molar-refractivity contribution in [1.29, 1.82) is 0 Å². The molecule has 0 aliphatic carbocycles. The summed E-state index contributed by atoms with van der Waals surface area (Å²) in [6, 6.07) is 7.97. The Bertz CT molecular complexity index is 732. The highest BCUT2D eigenvalue weighted by Gasteiger charge is 2.30. The molecule has 7 nitrogen and oxygen atoms in total. The number of rotatable bonds is 5. The van der Waals surface area contributed by atoms with E-state index >= 15 is 0 Å². The van der Waals surface area contributed by atoms with Crippen molar-refractivity contribution in [3.63, 3.8) is 0 Å². The van der Waals surface area contributed by atoms with Gasteiger partial charge in [0.1, 0.15) is 0 Å². The number of nitrogens with one attached hydrogen (secondary N) is 1. The van der Waals surface area contributed by atoms with E-state index in [9.17, 15) is 4.79 Å². The third kappa shape index (κ3) is 4.47. The molecule has 7 heteroatoms. The second kappa shape index (κ2) is 8.08. The summed E-state index contributed by atoms with van der Waals surface area (Å²) in [5, 5.41) is 10.9. The SMILES string of the molecule is CCC(C)(C)N1CCN(C(=O)NC(C)c2ccc(-n3ccnn3)cc2)CC1. The van der Waals surface area contributed by atoms with Gasteiger partial charge in [-0.05, 0) is 44.9 Å². The van der Waals surface area contributed by atoms with Crippen LogP contribution >= 0.6 is 0 Å². The van der Waals surface area contributed by atoms with Crippen molar-refractivity contribution in [2.24, 2.45) is 0 Å². The van der Waals surface area contributed by atoms with Crippen molar-refractivity contribution >= 4 is 6.03 Å². The number of hydrogen-bond donors (Lipinski definition) is 1. The van der Waals surface area contributed by atoms with E-state index in [1.54, 1.807) is 17.1 Å². The molecule has 1 aromatic heterocycles. The zero-order valence-corrected chi connectivity index (χ0v) is 16.7. The summed E-state index contributed by atoms with van der Waals surface area (Å²) in [5.74, 6) is 0. The van der Waals surface area contributed by atoms with Crippen LogP contribution in [0.4, 0.5) is 4.79 Å².